The fraction of sp³-hybridized carbons (Fsp3) is 0.0667. The molecule has 0 aliphatic carbocycles. The van der Waals surface area contributed by atoms with E-state index in [1.54, 1.807) is 18.2 Å². The Morgan fingerprint density at radius 2 is 1.70 bits per heavy atom. The third kappa shape index (κ3) is 2.44. The number of fused-ring (bicyclic) bond motifs is 1. The van der Waals surface area contributed by atoms with Crippen molar-refractivity contribution in [1.82, 2.24) is 0 Å². The molecule has 1 unspecified atom stereocenters. The van der Waals surface area contributed by atoms with Crippen LogP contribution in [0.5, 0.6) is 0 Å². The number of hydrogen-bond donors (Lipinski definition) is 1. The van der Waals surface area contributed by atoms with E-state index in [9.17, 15) is 9.50 Å². The number of hydrogen-bond acceptors (Lipinski definition) is 2. The van der Waals surface area contributed by atoms with Crippen molar-refractivity contribution in [2.24, 2.45) is 0 Å². The van der Waals surface area contributed by atoms with Gasteiger partial charge in [0.05, 0.1) is 7.57 Å². The summed E-state index contributed by atoms with van der Waals surface area (Å²) < 4.78 is 15.6. The molecular weight excluding hydrogens is 407 g/mol. The SMILES string of the molecule is OC(c1cc(Br)sc1Br)c1ccc(F)c2ccccc12. The van der Waals surface area contributed by atoms with Crippen molar-refractivity contribution < 1.29 is 9.50 Å². The highest BCUT2D eigenvalue weighted by Gasteiger charge is 2.19. The van der Waals surface area contributed by atoms with Crippen molar-refractivity contribution in [3.05, 3.63) is 67.0 Å². The van der Waals surface area contributed by atoms with Crippen LogP contribution >= 0.6 is 43.2 Å². The maximum absolute atomic E-state index is 13.8. The lowest BCUT2D eigenvalue weighted by Gasteiger charge is -2.14. The summed E-state index contributed by atoms with van der Waals surface area (Å²) in [6, 6.07) is 12.1. The first kappa shape index (κ1) is 14.2. The number of halogens is 3. The molecule has 1 aromatic heterocycles. The second kappa shape index (κ2) is 5.56. The van der Waals surface area contributed by atoms with Crippen LogP contribution in [0.15, 0.2) is 50.0 Å². The molecule has 0 saturated carbocycles. The van der Waals surface area contributed by atoms with Crippen LogP contribution in [0, 0.1) is 5.82 Å². The summed E-state index contributed by atoms with van der Waals surface area (Å²) >= 11 is 8.35. The molecular formula is C15H9Br2FOS. The van der Waals surface area contributed by atoms with Gasteiger partial charge in [-0.1, -0.05) is 30.3 Å². The highest BCUT2D eigenvalue weighted by Crippen LogP contribution is 2.39. The largest absolute Gasteiger partial charge is 0.384 e. The Bertz CT molecular complexity index is 785. The maximum atomic E-state index is 13.8. The van der Waals surface area contributed by atoms with Crippen molar-refractivity contribution in [3.8, 4) is 0 Å². The van der Waals surface area contributed by atoms with Gasteiger partial charge in [0, 0.05) is 10.9 Å². The van der Waals surface area contributed by atoms with E-state index in [1.807, 2.05) is 18.2 Å². The third-order valence-electron chi connectivity index (χ3n) is 3.18. The number of rotatable bonds is 2. The Kier molecular flexibility index (Phi) is 3.95. The van der Waals surface area contributed by atoms with Crippen LogP contribution in [0.4, 0.5) is 4.39 Å². The monoisotopic (exact) mass is 414 g/mol. The average Bonchev–Trinajstić information content (AvgIpc) is 2.78. The standard InChI is InChI=1S/C15H9Br2FOS/c16-13-7-11(15(17)20-13)14(19)10-5-6-12(18)9-4-2-1-3-8(9)10/h1-7,14,19H. The minimum atomic E-state index is -0.794. The van der Waals surface area contributed by atoms with E-state index in [0.29, 0.717) is 10.9 Å². The summed E-state index contributed by atoms with van der Waals surface area (Å²) in [5.74, 6) is -0.276. The van der Waals surface area contributed by atoms with Gasteiger partial charge in [-0.3, -0.25) is 0 Å². The van der Waals surface area contributed by atoms with Gasteiger partial charge in [-0.15, -0.1) is 11.3 Å². The van der Waals surface area contributed by atoms with Gasteiger partial charge in [-0.25, -0.2) is 4.39 Å². The molecule has 3 rings (SSSR count). The number of aliphatic hydroxyl groups excluding tert-OH is 1. The van der Waals surface area contributed by atoms with Gasteiger partial charge >= 0.3 is 0 Å². The first-order chi connectivity index (χ1) is 9.58. The van der Waals surface area contributed by atoms with Gasteiger partial charge in [0.1, 0.15) is 11.9 Å². The molecule has 20 heavy (non-hydrogen) atoms. The smallest absolute Gasteiger partial charge is 0.131 e. The van der Waals surface area contributed by atoms with Crippen LogP contribution in [0.1, 0.15) is 17.2 Å². The zero-order chi connectivity index (χ0) is 14.3. The average molecular weight is 416 g/mol. The molecule has 0 saturated heterocycles. The molecule has 0 fully saturated rings. The van der Waals surface area contributed by atoms with Crippen LogP contribution in [0.25, 0.3) is 10.8 Å². The van der Waals surface area contributed by atoms with Crippen LogP contribution < -0.4 is 0 Å². The Balaban J connectivity index is 2.20. The Morgan fingerprint density at radius 1 is 1.00 bits per heavy atom. The topological polar surface area (TPSA) is 20.2 Å². The van der Waals surface area contributed by atoms with E-state index in [1.165, 1.54) is 17.4 Å². The number of aliphatic hydroxyl groups is 1. The van der Waals surface area contributed by atoms with Crippen LogP contribution in [-0.2, 0) is 0 Å². The van der Waals surface area contributed by atoms with Crippen molar-refractivity contribution in [3.63, 3.8) is 0 Å². The van der Waals surface area contributed by atoms with E-state index in [-0.39, 0.29) is 5.82 Å². The van der Waals surface area contributed by atoms with Gasteiger partial charge in [0.2, 0.25) is 0 Å². The molecule has 0 aliphatic rings. The Labute approximate surface area is 136 Å². The predicted octanol–water partition coefficient (Wildman–Crippen LogP) is 5.65. The fourth-order valence-electron chi connectivity index (χ4n) is 2.23. The van der Waals surface area contributed by atoms with Gasteiger partial charge in [0.25, 0.3) is 0 Å². The van der Waals surface area contributed by atoms with Gasteiger partial charge < -0.3 is 5.11 Å². The maximum Gasteiger partial charge on any atom is 0.131 e. The normalized spacial score (nSPS) is 12.8. The fourth-order valence-corrected chi connectivity index (χ4v) is 5.11. The van der Waals surface area contributed by atoms with Crippen molar-refractivity contribution >= 4 is 54.0 Å². The summed E-state index contributed by atoms with van der Waals surface area (Å²) in [4.78, 5) is 0. The molecule has 1 nitrogen and oxygen atoms in total. The molecule has 1 heterocycles. The molecule has 3 aromatic rings. The third-order valence-corrected chi connectivity index (χ3v) is 5.56. The Hall–Kier alpha value is -0.750. The highest BCUT2D eigenvalue weighted by molar-refractivity contribution is 9.12. The molecule has 102 valence electrons. The minimum absolute atomic E-state index is 0.276. The molecule has 1 N–H and O–H groups in total. The van der Waals surface area contributed by atoms with Crippen LogP contribution in [-0.4, -0.2) is 5.11 Å². The van der Waals surface area contributed by atoms with Crippen LogP contribution in [0.3, 0.4) is 0 Å². The van der Waals surface area contributed by atoms with Crippen molar-refractivity contribution in [2.75, 3.05) is 0 Å². The molecule has 0 radical (unpaired) electrons. The quantitative estimate of drug-likeness (QED) is 0.573. The lowest BCUT2D eigenvalue weighted by molar-refractivity contribution is 0.221. The van der Waals surface area contributed by atoms with E-state index in [2.05, 4.69) is 31.9 Å². The first-order valence-corrected chi connectivity index (χ1v) is 8.28. The van der Waals surface area contributed by atoms with E-state index in [0.717, 1.165) is 18.5 Å². The van der Waals surface area contributed by atoms with E-state index < -0.39 is 6.10 Å². The lowest BCUT2D eigenvalue weighted by atomic mass is 9.97. The summed E-state index contributed by atoms with van der Waals surface area (Å²) in [5, 5.41) is 11.9. The van der Waals surface area contributed by atoms with Gasteiger partial charge in [-0.05, 0) is 54.9 Å². The summed E-state index contributed by atoms with van der Waals surface area (Å²) in [6.07, 6.45) is -0.794. The van der Waals surface area contributed by atoms with Crippen molar-refractivity contribution in [2.45, 2.75) is 6.10 Å². The zero-order valence-corrected chi connectivity index (χ0v) is 14.1. The predicted molar refractivity (Wildman–Crippen MR) is 87.7 cm³/mol. The molecule has 1 atom stereocenters. The van der Waals surface area contributed by atoms with Crippen molar-refractivity contribution in [1.29, 1.82) is 0 Å². The molecule has 0 spiro atoms. The summed E-state index contributed by atoms with van der Waals surface area (Å²) in [7, 11) is 0. The number of thiophene rings is 1. The molecule has 0 aliphatic heterocycles. The second-order valence-electron chi connectivity index (χ2n) is 4.36. The molecule has 5 heteroatoms. The zero-order valence-electron chi connectivity index (χ0n) is 10.1. The van der Waals surface area contributed by atoms with Gasteiger partial charge in [0.15, 0.2) is 0 Å². The summed E-state index contributed by atoms with van der Waals surface area (Å²) in [5.41, 5.74) is 1.48. The van der Waals surface area contributed by atoms with E-state index >= 15 is 0 Å². The molecule has 2 aromatic carbocycles. The first-order valence-electron chi connectivity index (χ1n) is 5.88. The minimum Gasteiger partial charge on any atom is -0.384 e. The highest BCUT2D eigenvalue weighted by atomic mass is 79.9. The lowest BCUT2D eigenvalue weighted by Crippen LogP contribution is -2.00. The van der Waals surface area contributed by atoms with Gasteiger partial charge in [-0.2, -0.15) is 0 Å². The second-order valence-corrected chi connectivity index (χ2v) is 8.11. The van der Waals surface area contributed by atoms with Crippen LogP contribution in [0.2, 0.25) is 0 Å². The molecule has 0 amide bonds. The number of benzene rings is 2. The molecule has 0 bridgehead atoms. The van der Waals surface area contributed by atoms with E-state index in [4.69, 9.17) is 0 Å². The Morgan fingerprint density at radius 3 is 2.35 bits per heavy atom. The summed E-state index contributed by atoms with van der Waals surface area (Å²) in [6.45, 7) is 0.